The molecule has 0 saturated heterocycles. The molecule has 0 aromatic heterocycles. The highest BCUT2D eigenvalue weighted by molar-refractivity contribution is 9.10. The van der Waals surface area contributed by atoms with E-state index >= 15 is 0 Å². The molecular weight excluding hydrogens is 350 g/mol. The molecule has 110 valence electrons. The van der Waals surface area contributed by atoms with Crippen molar-refractivity contribution in [3.63, 3.8) is 0 Å². The number of nitrogen functional groups attached to an aromatic ring is 1. The standard InChI is InChI=1S/C16H17BrClN3/c1-21(9-12-4-2-3-5-14(12)17)10-13-7-6-11(16(19)20)8-15(13)18/h2-8H,9-10H2,1H3,(H3,19,20). The second-order valence-electron chi connectivity index (χ2n) is 4.98. The maximum atomic E-state index is 7.42. The van der Waals surface area contributed by atoms with E-state index in [1.54, 1.807) is 6.07 Å². The number of benzene rings is 2. The Kier molecular flexibility index (Phi) is 5.39. The van der Waals surface area contributed by atoms with Gasteiger partial charge in [-0.3, -0.25) is 10.3 Å². The number of halogens is 2. The summed E-state index contributed by atoms with van der Waals surface area (Å²) in [7, 11) is 2.05. The second-order valence-corrected chi connectivity index (χ2v) is 6.25. The van der Waals surface area contributed by atoms with Gasteiger partial charge in [0.1, 0.15) is 5.84 Å². The lowest BCUT2D eigenvalue weighted by molar-refractivity contribution is 0.318. The third kappa shape index (κ3) is 4.30. The zero-order valence-corrected chi connectivity index (χ0v) is 14.1. The van der Waals surface area contributed by atoms with Gasteiger partial charge in [0.25, 0.3) is 0 Å². The van der Waals surface area contributed by atoms with E-state index in [0.29, 0.717) is 10.6 Å². The van der Waals surface area contributed by atoms with Crippen molar-refractivity contribution in [2.75, 3.05) is 7.05 Å². The van der Waals surface area contributed by atoms with Gasteiger partial charge in [-0.1, -0.05) is 57.9 Å². The predicted octanol–water partition coefficient (Wildman–Crippen LogP) is 4.02. The van der Waals surface area contributed by atoms with E-state index in [4.69, 9.17) is 22.7 Å². The van der Waals surface area contributed by atoms with Crippen molar-refractivity contribution in [1.29, 1.82) is 5.41 Å². The molecule has 0 unspecified atom stereocenters. The fourth-order valence-electron chi connectivity index (χ4n) is 2.11. The topological polar surface area (TPSA) is 53.1 Å². The lowest BCUT2D eigenvalue weighted by atomic mass is 10.1. The molecule has 2 rings (SSSR count). The molecule has 0 aliphatic rings. The Morgan fingerprint density at radius 2 is 1.86 bits per heavy atom. The summed E-state index contributed by atoms with van der Waals surface area (Å²) < 4.78 is 1.11. The summed E-state index contributed by atoms with van der Waals surface area (Å²) in [5.74, 6) is 0.0324. The molecule has 0 bridgehead atoms. The zero-order chi connectivity index (χ0) is 15.4. The fraction of sp³-hybridized carbons (Fsp3) is 0.188. The van der Waals surface area contributed by atoms with E-state index in [9.17, 15) is 0 Å². The van der Waals surface area contributed by atoms with Crippen LogP contribution in [0.1, 0.15) is 16.7 Å². The Morgan fingerprint density at radius 1 is 1.19 bits per heavy atom. The molecule has 0 radical (unpaired) electrons. The van der Waals surface area contributed by atoms with Gasteiger partial charge >= 0.3 is 0 Å². The number of nitrogens with one attached hydrogen (secondary N) is 1. The van der Waals surface area contributed by atoms with Crippen LogP contribution in [0.25, 0.3) is 0 Å². The smallest absolute Gasteiger partial charge is 0.122 e. The number of nitrogens with two attached hydrogens (primary N) is 1. The van der Waals surface area contributed by atoms with Gasteiger partial charge in [-0.2, -0.15) is 0 Å². The number of nitrogens with zero attached hydrogens (tertiary/aromatic N) is 1. The summed E-state index contributed by atoms with van der Waals surface area (Å²) in [6.45, 7) is 1.56. The molecule has 5 heteroatoms. The quantitative estimate of drug-likeness (QED) is 0.620. The van der Waals surface area contributed by atoms with Gasteiger partial charge in [0.05, 0.1) is 0 Å². The van der Waals surface area contributed by atoms with Gasteiger partial charge in [-0.05, 0) is 30.3 Å². The van der Waals surface area contributed by atoms with E-state index in [2.05, 4.69) is 33.9 Å². The van der Waals surface area contributed by atoms with Crippen LogP contribution in [0.3, 0.4) is 0 Å². The monoisotopic (exact) mass is 365 g/mol. The first-order chi connectivity index (χ1) is 9.97. The molecule has 0 heterocycles. The van der Waals surface area contributed by atoms with Gasteiger partial charge in [0, 0.05) is 28.1 Å². The van der Waals surface area contributed by atoms with E-state index in [1.165, 1.54) is 5.56 Å². The molecule has 0 atom stereocenters. The van der Waals surface area contributed by atoms with Crippen molar-refractivity contribution >= 4 is 33.4 Å². The SMILES string of the molecule is CN(Cc1ccc(C(=N)N)cc1Cl)Cc1ccccc1Br. The van der Waals surface area contributed by atoms with Crippen molar-refractivity contribution in [1.82, 2.24) is 4.90 Å². The van der Waals surface area contributed by atoms with E-state index in [0.717, 1.165) is 23.1 Å². The summed E-state index contributed by atoms with van der Waals surface area (Å²) >= 11 is 9.82. The molecule has 0 fully saturated rings. The van der Waals surface area contributed by atoms with Crippen LogP contribution in [-0.2, 0) is 13.1 Å². The predicted molar refractivity (Wildman–Crippen MR) is 91.8 cm³/mol. The first-order valence-electron chi connectivity index (χ1n) is 6.52. The molecule has 0 aliphatic carbocycles. The number of rotatable bonds is 5. The maximum Gasteiger partial charge on any atom is 0.122 e. The molecule has 0 spiro atoms. The third-order valence-electron chi connectivity index (χ3n) is 3.20. The molecule has 21 heavy (non-hydrogen) atoms. The number of hydrogen-bond donors (Lipinski definition) is 2. The van der Waals surface area contributed by atoms with Crippen LogP contribution in [0.2, 0.25) is 5.02 Å². The Balaban J connectivity index is 2.08. The van der Waals surface area contributed by atoms with Crippen molar-refractivity contribution in [2.45, 2.75) is 13.1 Å². The summed E-state index contributed by atoms with van der Waals surface area (Å²) in [5, 5.41) is 8.06. The minimum atomic E-state index is 0.0324. The first-order valence-corrected chi connectivity index (χ1v) is 7.69. The molecule has 3 N–H and O–H groups in total. The van der Waals surface area contributed by atoms with Crippen LogP contribution >= 0.6 is 27.5 Å². The lowest BCUT2D eigenvalue weighted by Gasteiger charge is -2.18. The Hall–Kier alpha value is -1.36. The van der Waals surface area contributed by atoms with Crippen LogP contribution in [0.4, 0.5) is 0 Å². The third-order valence-corrected chi connectivity index (χ3v) is 4.33. The Morgan fingerprint density at radius 3 is 2.48 bits per heavy atom. The minimum absolute atomic E-state index is 0.0324. The average molecular weight is 367 g/mol. The van der Waals surface area contributed by atoms with E-state index in [-0.39, 0.29) is 5.84 Å². The number of hydrogen-bond acceptors (Lipinski definition) is 2. The molecule has 0 amide bonds. The van der Waals surface area contributed by atoms with Gasteiger partial charge in [-0.15, -0.1) is 0 Å². The molecule has 2 aromatic rings. The van der Waals surface area contributed by atoms with E-state index in [1.807, 2.05) is 30.3 Å². The van der Waals surface area contributed by atoms with Gasteiger partial charge < -0.3 is 5.73 Å². The average Bonchev–Trinajstić information content (AvgIpc) is 2.43. The fourth-order valence-corrected chi connectivity index (χ4v) is 2.76. The van der Waals surface area contributed by atoms with Crippen LogP contribution in [0, 0.1) is 5.41 Å². The summed E-state index contributed by atoms with van der Waals surface area (Å²) in [4.78, 5) is 2.19. The highest BCUT2D eigenvalue weighted by Crippen LogP contribution is 2.22. The highest BCUT2D eigenvalue weighted by atomic mass is 79.9. The van der Waals surface area contributed by atoms with Crippen LogP contribution < -0.4 is 5.73 Å². The molecule has 0 saturated carbocycles. The molecular formula is C16H17BrClN3. The van der Waals surface area contributed by atoms with Gasteiger partial charge in [0.15, 0.2) is 0 Å². The maximum absolute atomic E-state index is 7.42. The van der Waals surface area contributed by atoms with Gasteiger partial charge in [0.2, 0.25) is 0 Å². The van der Waals surface area contributed by atoms with Crippen molar-refractivity contribution in [3.8, 4) is 0 Å². The Bertz CT molecular complexity index is 658. The summed E-state index contributed by atoms with van der Waals surface area (Å²) in [5.41, 5.74) is 8.37. The second kappa shape index (κ2) is 7.07. The molecule has 0 aliphatic heterocycles. The highest BCUT2D eigenvalue weighted by Gasteiger charge is 2.08. The summed E-state index contributed by atoms with van der Waals surface area (Å²) in [6.07, 6.45) is 0. The minimum Gasteiger partial charge on any atom is -0.384 e. The zero-order valence-electron chi connectivity index (χ0n) is 11.7. The lowest BCUT2D eigenvalue weighted by Crippen LogP contribution is -2.18. The normalized spacial score (nSPS) is 10.9. The Labute approximate surface area is 138 Å². The van der Waals surface area contributed by atoms with Crippen molar-refractivity contribution in [3.05, 3.63) is 68.7 Å². The van der Waals surface area contributed by atoms with E-state index < -0.39 is 0 Å². The molecule has 2 aromatic carbocycles. The van der Waals surface area contributed by atoms with Crippen LogP contribution in [0.15, 0.2) is 46.9 Å². The first kappa shape index (κ1) is 16.0. The van der Waals surface area contributed by atoms with Crippen LogP contribution in [-0.4, -0.2) is 17.8 Å². The summed E-state index contributed by atoms with van der Waals surface area (Å²) in [6, 6.07) is 13.7. The molecule has 3 nitrogen and oxygen atoms in total. The largest absolute Gasteiger partial charge is 0.384 e. The van der Waals surface area contributed by atoms with Crippen molar-refractivity contribution < 1.29 is 0 Å². The van der Waals surface area contributed by atoms with Crippen molar-refractivity contribution in [2.24, 2.45) is 5.73 Å². The van der Waals surface area contributed by atoms with Gasteiger partial charge in [-0.25, -0.2) is 0 Å². The number of amidine groups is 1. The van der Waals surface area contributed by atoms with Crippen LogP contribution in [0.5, 0.6) is 0 Å².